The molecule has 0 radical (unpaired) electrons. The summed E-state index contributed by atoms with van der Waals surface area (Å²) in [6.45, 7) is 1.12. The fourth-order valence-corrected chi connectivity index (χ4v) is 5.12. The van der Waals surface area contributed by atoms with Gasteiger partial charge < -0.3 is 15.0 Å². The third-order valence-corrected chi connectivity index (χ3v) is 7.37. The minimum Gasteiger partial charge on any atom is -0.495 e. The van der Waals surface area contributed by atoms with Crippen molar-refractivity contribution >= 4 is 39.1 Å². The molecule has 3 aromatic carbocycles. The van der Waals surface area contributed by atoms with Crippen LogP contribution in [0.1, 0.15) is 18.1 Å². The van der Waals surface area contributed by atoms with Gasteiger partial charge in [0.2, 0.25) is 21.8 Å². The van der Waals surface area contributed by atoms with Crippen LogP contribution in [0.15, 0.2) is 72.8 Å². The number of rotatable bonds is 12. The third kappa shape index (κ3) is 7.93. The van der Waals surface area contributed by atoms with E-state index < -0.39 is 40.2 Å². The van der Waals surface area contributed by atoms with Crippen LogP contribution in [0.25, 0.3) is 0 Å². The molecule has 1 atom stereocenters. The Kier molecular flexibility index (Phi) is 10.3. The highest BCUT2D eigenvalue weighted by Crippen LogP contribution is 2.33. The Morgan fingerprint density at radius 3 is 2.33 bits per heavy atom. The molecule has 8 nitrogen and oxygen atoms in total. The first kappa shape index (κ1) is 29.9. The van der Waals surface area contributed by atoms with Crippen LogP contribution < -0.4 is 14.4 Å². The normalized spacial score (nSPS) is 11.9. The van der Waals surface area contributed by atoms with E-state index >= 15 is 0 Å². The Bertz CT molecular complexity index is 1410. The van der Waals surface area contributed by atoms with E-state index in [4.69, 9.17) is 16.3 Å². The summed E-state index contributed by atoms with van der Waals surface area (Å²) in [5.74, 6) is -1.53. The highest BCUT2D eigenvalue weighted by atomic mass is 35.5. The van der Waals surface area contributed by atoms with Gasteiger partial charge in [-0.3, -0.25) is 13.9 Å². The maximum absolute atomic E-state index is 14.7. The monoisotopic (exact) mass is 575 g/mol. The second-order valence-electron chi connectivity index (χ2n) is 8.80. The Balaban J connectivity index is 2.09. The number of methoxy groups -OCH3 is 1. The fourth-order valence-electron chi connectivity index (χ4n) is 4.11. The summed E-state index contributed by atoms with van der Waals surface area (Å²) >= 11 is 6.14. The van der Waals surface area contributed by atoms with Crippen LogP contribution >= 0.6 is 11.6 Å². The molecule has 0 aliphatic heterocycles. The van der Waals surface area contributed by atoms with Gasteiger partial charge in [0.05, 0.1) is 19.1 Å². The lowest BCUT2D eigenvalue weighted by molar-refractivity contribution is -0.140. The van der Waals surface area contributed by atoms with Gasteiger partial charge in [0.25, 0.3) is 0 Å². The second-order valence-corrected chi connectivity index (χ2v) is 11.1. The molecule has 0 heterocycles. The summed E-state index contributed by atoms with van der Waals surface area (Å²) in [5.41, 5.74) is 1.01. The number of anilines is 1. The first-order chi connectivity index (χ1) is 18.5. The molecule has 208 valence electrons. The summed E-state index contributed by atoms with van der Waals surface area (Å²) in [6.07, 6.45) is 1.08. The van der Waals surface area contributed by atoms with E-state index in [1.54, 1.807) is 13.0 Å². The molecule has 0 unspecified atom stereocenters. The van der Waals surface area contributed by atoms with Crippen molar-refractivity contribution in [3.63, 3.8) is 0 Å². The number of nitrogens with one attached hydrogen (secondary N) is 1. The smallest absolute Gasteiger partial charge is 0.244 e. The summed E-state index contributed by atoms with van der Waals surface area (Å²) in [4.78, 5) is 28.5. The molecule has 0 fully saturated rings. The molecule has 0 saturated heterocycles. The van der Waals surface area contributed by atoms with Crippen molar-refractivity contribution in [3.8, 4) is 5.75 Å². The van der Waals surface area contributed by atoms with Gasteiger partial charge in [-0.2, -0.15) is 0 Å². The van der Waals surface area contributed by atoms with Crippen molar-refractivity contribution in [1.82, 2.24) is 10.2 Å². The van der Waals surface area contributed by atoms with Crippen molar-refractivity contribution in [3.05, 3.63) is 94.8 Å². The Labute approximate surface area is 233 Å². The number of sulfonamides is 1. The highest BCUT2D eigenvalue weighted by Gasteiger charge is 2.34. The fraction of sp³-hybridized carbons (Fsp3) is 0.286. The molecule has 0 spiro atoms. The van der Waals surface area contributed by atoms with E-state index in [2.05, 4.69) is 5.32 Å². The Morgan fingerprint density at radius 2 is 1.72 bits per heavy atom. The molecule has 2 amide bonds. The molecule has 0 aromatic heterocycles. The second kappa shape index (κ2) is 13.4. The molecule has 0 aliphatic carbocycles. The number of halogens is 2. The molecule has 3 rings (SSSR count). The quantitative estimate of drug-likeness (QED) is 0.352. The van der Waals surface area contributed by atoms with E-state index in [1.807, 2.05) is 30.3 Å². The van der Waals surface area contributed by atoms with Gasteiger partial charge in [-0.25, -0.2) is 12.8 Å². The summed E-state index contributed by atoms with van der Waals surface area (Å²) in [7, 11) is -2.65. The largest absolute Gasteiger partial charge is 0.495 e. The number of benzene rings is 3. The van der Waals surface area contributed by atoms with Gasteiger partial charge in [0, 0.05) is 30.1 Å². The number of ether oxygens (including phenoxy) is 1. The van der Waals surface area contributed by atoms with Crippen LogP contribution in [0.3, 0.4) is 0 Å². The van der Waals surface area contributed by atoms with E-state index in [-0.39, 0.29) is 35.0 Å². The molecular formula is C28H31ClFN3O5S. The average Bonchev–Trinajstić information content (AvgIpc) is 2.90. The predicted octanol–water partition coefficient (Wildman–Crippen LogP) is 4.03. The van der Waals surface area contributed by atoms with Crippen molar-refractivity contribution in [2.75, 3.05) is 30.8 Å². The molecule has 39 heavy (non-hydrogen) atoms. The van der Waals surface area contributed by atoms with Crippen molar-refractivity contribution in [1.29, 1.82) is 0 Å². The molecule has 1 N–H and O–H groups in total. The first-order valence-electron chi connectivity index (χ1n) is 12.2. The van der Waals surface area contributed by atoms with Crippen molar-refractivity contribution < 1.29 is 27.1 Å². The minimum atomic E-state index is -4.02. The van der Waals surface area contributed by atoms with Crippen LogP contribution in [0.4, 0.5) is 10.1 Å². The van der Waals surface area contributed by atoms with E-state index in [1.165, 1.54) is 48.4 Å². The summed E-state index contributed by atoms with van der Waals surface area (Å²) in [6, 6.07) is 18.3. The van der Waals surface area contributed by atoms with Crippen molar-refractivity contribution in [2.45, 2.75) is 25.9 Å². The lowest BCUT2D eigenvalue weighted by Gasteiger charge is -2.33. The van der Waals surface area contributed by atoms with Crippen LogP contribution in [-0.4, -0.2) is 57.6 Å². The van der Waals surface area contributed by atoms with Gasteiger partial charge in [-0.05, 0) is 36.8 Å². The van der Waals surface area contributed by atoms with E-state index in [0.29, 0.717) is 6.54 Å². The number of likely N-dealkylation sites (N-methyl/N-ethyl adjacent to an activating group) is 1. The lowest BCUT2D eigenvalue weighted by Crippen LogP contribution is -2.53. The average molecular weight is 576 g/mol. The number of hydrogen-bond donors (Lipinski definition) is 1. The van der Waals surface area contributed by atoms with Gasteiger partial charge >= 0.3 is 0 Å². The first-order valence-corrected chi connectivity index (χ1v) is 14.4. The topological polar surface area (TPSA) is 96.0 Å². The number of carbonyl (C=O) groups excluding carboxylic acids is 2. The molecular weight excluding hydrogens is 545 g/mol. The van der Waals surface area contributed by atoms with Gasteiger partial charge in [-0.15, -0.1) is 0 Å². The van der Waals surface area contributed by atoms with E-state index in [9.17, 15) is 22.4 Å². The predicted molar refractivity (Wildman–Crippen MR) is 150 cm³/mol. The standard InChI is InChI=1S/C28H31ClFN3O5S/c1-4-31-28(35)25(16-20-10-6-5-7-11-20)32(18-21-12-8-9-13-23(21)30)27(34)19-33(39(3,36)37)24-17-22(29)14-15-26(24)38-2/h5-15,17,25H,4,16,18-19H2,1-3H3,(H,31,35)/t25-/m0/s1. The molecule has 0 bridgehead atoms. The Hall–Kier alpha value is -3.63. The SMILES string of the molecule is CCNC(=O)[C@H](Cc1ccccc1)N(Cc1ccccc1F)C(=O)CN(c1cc(Cl)ccc1OC)S(C)(=O)=O. The maximum atomic E-state index is 14.7. The number of hydrogen-bond acceptors (Lipinski definition) is 5. The zero-order chi connectivity index (χ0) is 28.6. The summed E-state index contributed by atoms with van der Waals surface area (Å²) < 4.78 is 46.7. The van der Waals surface area contributed by atoms with Crippen LogP contribution in [-0.2, 0) is 32.6 Å². The van der Waals surface area contributed by atoms with Gasteiger partial charge in [0.1, 0.15) is 24.2 Å². The number of nitrogens with zero attached hydrogens (tertiary/aromatic N) is 2. The molecule has 3 aromatic rings. The van der Waals surface area contributed by atoms with Crippen LogP contribution in [0, 0.1) is 5.82 Å². The van der Waals surface area contributed by atoms with Crippen molar-refractivity contribution in [2.24, 2.45) is 0 Å². The molecule has 0 aliphatic rings. The lowest BCUT2D eigenvalue weighted by atomic mass is 10.0. The van der Waals surface area contributed by atoms with Crippen LogP contribution in [0.5, 0.6) is 5.75 Å². The zero-order valence-corrected chi connectivity index (χ0v) is 23.5. The maximum Gasteiger partial charge on any atom is 0.244 e. The molecule has 11 heteroatoms. The minimum absolute atomic E-state index is 0.0595. The van der Waals surface area contributed by atoms with Gasteiger partial charge in [-0.1, -0.05) is 60.1 Å². The van der Waals surface area contributed by atoms with Gasteiger partial charge in [0.15, 0.2) is 0 Å². The van der Waals surface area contributed by atoms with Crippen LogP contribution in [0.2, 0.25) is 5.02 Å². The Morgan fingerprint density at radius 1 is 1.05 bits per heavy atom. The third-order valence-electron chi connectivity index (χ3n) is 6.01. The zero-order valence-electron chi connectivity index (χ0n) is 21.9. The summed E-state index contributed by atoms with van der Waals surface area (Å²) in [5, 5.41) is 2.98. The molecule has 0 saturated carbocycles. The number of carbonyl (C=O) groups is 2. The van der Waals surface area contributed by atoms with E-state index in [0.717, 1.165) is 16.1 Å². The number of amides is 2. The highest BCUT2D eigenvalue weighted by molar-refractivity contribution is 7.92.